The molecule has 2 amide bonds. The van der Waals surface area contributed by atoms with Gasteiger partial charge in [0, 0.05) is 23.2 Å². The number of rotatable bonds is 18. The Labute approximate surface area is 371 Å². The molecule has 3 rings (SSSR count). The number of carbonyl (C=O) groups excluding carboxylic acids is 2. The van der Waals surface area contributed by atoms with Crippen LogP contribution in [0.15, 0.2) is 61.2 Å². The van der Waals surface area contributed by atoms with Crippen LogP contribution in [0.25, 0.3) is 0 Å². The van der Waals surface area contributed by atoms with Crippen LogP contribution >= 0.6 is 23.5 Å². The quantitative estimate of drug-likeness (QED) is 0.0287. The molecule has 0 unspecified atom stereocenters. The van der Waals surface area contributed by atoms with Crippen molar-refractivity contribution in [3.8, 4) is 11.5 Å². The van der Waals surface area contributed by atoms with E-state index in [-0.39, 0.29) is 83.6 Å². The molecule has 0 aliphatic heterocycles. The molecular formula is C40H64N16O4S2. The second-order valence-corrected chi connectivity index (χ2v) is 17.9. The molecule has 62 heavy (non-hydrogen) atoms. The number of nitrogens with two attached hydrogens (primary N) is 10. The van der Waals surface area contributed by atoms with Crippen molar-refractivity contribution >= 4 is 81.9 Å². The number of guanidine groups is 4. The Hall–Kier alpha value is -6.42. The van der Waals surface area contributed by atoms with Gasteiger partial charge in [0.25, 0.3) is 11.8 Å². The van der Waals surface area contributed by atoms with Crippen molar-refractivity contribution in [2.45, 2.75) is 69.1 Å². The van der Waals surface area contributed by atoms with Crippen LogP contribution in [0.1, 0.15) is 80.3 Å². The van der Waals surface area contributed by atoms with E-state index >= 15 is 0 Å². The van der Waals surface area contributed by atoms with Crippen molar-refractivity contribution in [2.24, 2.45) is 60.8 Å². The van der Waals surface area contributed by atoms with Gasteiger partial charge < -0.3 is 77.4 Å². The summed E-state index contributed by atoms with van der Waals surface area (Å²) in [5, 5.41) is 12.1. The minimum absolute atomic E-state index is 0.00808. The molecule has 23 N–H and O–H groups in total. The number of nitrogen functional groups attached to an aromatic ring is 2. The van der Waals surface area contributed by atoms with E-state index in [1.165, 1.54) is 35.7 Å². The van der Waals surface area contributed by atoms with Crippen molar-refractivity contribution in [1.29, 1.82) is 5.41 Å². The lowest BCUT2D eigenvalue weighted by molar-refractivity contribution is 0.102. The number of anilines is 4. The molecule has 0 fully saturated rings. The largest absolute Gasteiger partial charge is 0.491 e. The first-order valence-corrected chi connectivity index (χ1v) is 21.3. The van der Waals surface area contributed by atoms with Crippen LogP contribution < -0.4 is 77.4 Å². The summed E-state index contributed by atoms with van der Waals surface area (Å²) in [6, 6.07) is 10.4. The Kier molecular flexibility index (Phi) is 19.6. The fraction of sp³-hybridized carbons (Fsp3) is 0.400. The number of benzene rings is 3. The molecule has 20 nitrogen and oxygen atoms in total. The topological polar surface area (TPSA) is 398 Å². The Morgan fingerprint density at radius 2 is 0.984 bits per heavy atom. The van der Waals surface area contributed by atoms with E-state index in [1.807, 2.05) is 52.0 Å². The number of carbonyl (C=O) groups is 2. The van der Waals surface area contributed by atoms with Gasteiger partial charge in [0.2, 0.25) is 0 Å². The molecule has 340 valence electrons. The van der Waals surface area contributed by atoms with Crippen molar-refractivity contribution in [1.82, 2.24) is 0 Å². The van der Waals surface area contributed by atoms with Crippen LogP contribution in [0.5, 0.6) is 11.5 Å². The van der Waals surface area contributed by atoms with Crippen molar-refractivity contribution in [2.75, 3.05) is 66.5 Å². The zero-order valence-electron chi connectivity index (χ0n) is 36.5. The van der Waals surface area contributed by atoms with Gasteiger partial charge in [-0.05, 0) is 58.0 Å². The predicted octanol–water partition coefficient (Wildman–Crippen LogP) is 2.57. The third-order valence-corrected chi connectivity index (χ3v) is 10.4. The van der Waals surface area contributed by atoms with E-state index < -0.39 is 11.8 Å². The van der Waals surface area contributed by atoms with Crippen LogP contribution in [-0.2, 0) is 10.8 Å². The Bertz CT molecular complexity index is 2130. The van der Waals surface area contributed by atoms with E-state index in [4.69, 9.17) is 60.8 Å². The SMILES string of the molecule is CCSc1c(N)cc(C(C)(C)C)cc1NC(=O)c1cc(C(=O)Nc2cc(C(C)(C)C)cc(N)c2SCCN=C(N)N)c(OCCN=C(N)N)cc1OCCN=C(N)N.N=C(N)N. The second kappa shape index (κ2) is 23.5. The molecule has 0 bridgehead atoms. The minimum atomic E-state index is -0.601. The van der Waals surface area contributed by atoms with Crippen LogP contribution in [0, 0.1) is 5.41 Å². The summed E-state index contributed by atoms with van der Waals surface area (Å²) >= 11 is 2.87. The van der Waals surface area contributed by atoms with E-state index in [0.29, 0.717) is 50.6 Å². The van der Waals surface area contributed by atoms with Crippen LogP contribution in [0.4, 0.5) is 22.7 Å². The molecule has 0 radical (unpaired) electrons. The molecule has 3 aromatic rings. The van der Waals surface area contributed by atoms with Crippen LogP contribution in [0.2, 0.25) is 0 Å². The smallest absolute Gasteiger partial charge is 0.259 e. The minimum Gasteiger partial charge on any atom is -0.491 e. The maximum absolute atomic E-state index is 14.5. The number of hydrogen-bond donors (Lipinski definition) is 13. The molecule has 22 heteroatoms. The van der Waals surface area contributed by atoms with Gasteiger partial charge in [-0.1, -0.05) is 48.5 Å². The molecular weight excluding hydrogens is 833 g/mol. The molecule has 3 aromatic carbocycles. The van der Waals surface area contributed by atoms with Crippen molar-refractivity contribution in [3.05, 3.63) is 58.7 Å². The predicted molar refractivity (Wildman–Crippen MR) is 258 cm³/mol. The molecule has 0 aromatic heterocycles. The van der Waals surface area contributed by atoms with Gasteiger partial charge in [-0.3, -0.25) is 30.0 Å². The first-order chi connectivity index (χ1) is 28.8. The summed E-state index contributed by atoms with van der Waals surface area (Å²) in [6.45, 7) is 14.7. The highest BCUT2D eigenvalue weighted by atomic mass is 32.2. The molecule has 0 saturated heterocycles. The van der Waals surface area contributed by atoms with E-state index in [9.17, 15) is 9.59 Å². The summed E-state index contributed by atoms with van der Waals surface area (Å²) in [5.74, 6) is -0.453. The van der Waals surface area contributed by atoms with E-state index in [0.717, 1.165) is 11.1 Å². The zero-order valence-corrected chi connectivity index (χ0v) is 38.1. The lowest BCUT2D eigenvalue weighted by Gasteiger charge is -2.24. The average Bonchev–Trinajstić information content (AvgIpc) is 3.14. The maximum atomic E-state index is 14.5. The highest BCUT2D eigenvalue weighted by molar-refractivity contribution is 7.99. The monoisotopic (exact) mass is 896 g/mol. The average molecular weight is 897 g/mol. The van der Waals surface area contributed by atoms with Gasteiger partial charge in [-0.15, -0.1) is 23.5 Å². The number of nitrogens with one attached hydrogen (secondary N) is 3. The van der Waals surface area contributed by atoms with Crippen LogP contribution in [0.3, 0.4) is 0 Å². The first-order valence-electron chi connectivity index (χ1n) is 19.3. The molecule has 0 spiro atoms. The maximum Gasteiger partial charge on any atom is 0.259 e. The summed E-state index contributed by atoms with van der Waals surface area (Å²) in [5.41, 5.74) is 58.5. The third kappa shape index (κ3) is 16.9. The van der Waals surface area contributed by atoms with Crippen molar-refractivity contribution in [3.63, 3.8) is 0 Å². The highest BCUT2D eigenvalue weighted by Gasteiger charge is 2.26. The summed E-state index contributed by atoms with van der Waals surface area (Å²) in [4.78, 5) is 42.3. The molecule has 0 heterocycles. The second-order valence-electron chi connectivity index (χ2n) is 15.5. The fourth-order valence-corrected chi connectivity index (χ4v) is 7.00. The van der Waals surface area contributed by atoms with E-state index in [1.54, 1.807) is 0 Å². The number of hydrogen-bond acceptors (Lipinski definition) is 12. The molecule has 0 aliphatic rings. The van der Waals surface area contributed by atoms with Gasteiger partial charge in [-0.2, -0.15) is 0 Å². The van der Waals surface area contributed by atoms with Crippen LogP contribution in [-0.4, -0.2) is 80.0 Å². The Balaban J connectivity index is 0.00000316. The standard InChI is InChI=1S/C39H59N13O4S2.CH5N3/c1-8-57-31-25(40)15-21(38(2,3)4)17-27(31)51-33(53)23-19-24(30(56-13-10-49-36(44)45)20-29(23)55-12-9-48-35(42)43)34(54)52-28-18-22(39(5,6)7)16-26(41)32(28)58-14-11-50-37(46)47;2-1(3)4/h15-20H,8-14,40-41H2,1-7H3,(H,51,53)(H,52,54)(H4,42,43,48)(H4,44,45,49)(H4,46,47,50);(H5,2,3,4). The molecule has 0 atom stereocenters. The fourth-order valence-electron chi connectivity index (χ4n) is 5.34. The molecule has 0 aliphatic carbocycles. The third-order valence-electron chi connectivity index (χ3n) is 8.24. The van der Waals surface area contributed by atoms with Gasteiger partial charge in [0.1, 0.15) is 24.7 Å². The summed E-state index contributed by atoms with van der Waals surface area (Å²) in [6.07, 6.45) is 0. The number of thioether (sulfide) groups is 2. The number of amides is 2. The first kappa shape index (κ1) is 51.7. The molecule has 0 saturated carbocycles. The van der Waals surface area contributed by atoms with Gasteiger partial charge in [-0.25, -0.2) is 0 Å². The highest BCUT2D eigenvalue weighted by Crippen LogP contribution is 2.41. The lowest BCUT2D eigenvalue weighted by atomic mass is 9.86. The summed E-state index contributed by atoms with van der Waals surface area (Å²) < 4.78 is 12.2. The normalized spacial score (nSPS) is 11.0. The van der Waals surface area contributed by atoms with Crippen molar-refractivity contribution < 1.29 is 19.1 Å². The lowest BCUT2D eigenvalue weighted by Crippen LogP contribution is -2.24. The Morgan fingerprint density at radius 3 is 1.34 bits per heavy atom. The number of aliphatic imine (C=N–C) groups is 3. The number of nitrogens with zero attached hydrogens (tertiary/aromatic N) is 3. The van der Waals surface area contributed by atoms with Gasteiger partial charge >= 0.3 is 0 Å². The number of ether oxygens (including phenoxy) is 2. The van der Waals surface area contributed by atoms with Gasteiger partial charge in [0.05, 0.1) is 51.9 Å². The zero-order chi connectivity index (χ0) is 46.9. The summed E-state index contributed by atoms with van der Waals surface area (Å²) in [7, 11) is 0. The van der Waals surface area contributed by atoms with Gasteiger partial charge in [0.15, 0.2) is 23.8 Å². The van der Waals surface area contributed by atoms with E-state index in [2.05, 4.69) is 57.8 Å². The Morgan fingerprint density at radius 1 is 0.613 bits per heavy atom.